The van der Waals surface area contributed by atoms with Gasteiger partial charge in [-0.05, 0) is 46.5 Å². The minimum absolute atomic E-state index is 0.0542. The fraction of sp³-hybridized carbons (Fsp3) is 0.944. The number of nitrogens with one attached hydrogen (secondary N) is 1. The molecule has 6 heteroatoms. The van der Waals surface area contributed by atoms with Gasteiger partial charge in [0.2, 0.25) is 0 Å². The van der Waals surface area contributed by atoms with Crippen LogP contribution in [0, 0.1) is 5.41 Å². The molecule has 0 saturated carbocycles. The summed E-state index contributed by atoms with van der Waals surface area (Å²) in [5.41, 5.74) is -0.516. The maximum absolute atomic E-state index is 12.4. The molecule has 0 spiro atoms. The van der Waals surface area contributed by atoms with Gasteiger partial charge in [-0.15, -0.1) is 0 Å². The molecule has 140 valence electrons. The first-order chi connectivity index (χ1) is 11.3. The Kier molecular flexibility index (Phi) is 6.89. The van der Waals surface area contributed by atoms with Crippen LogP contribution in [0.1, 0.15) is 46.5 Å². The molecular formula is C18H34N2O4. The first kappa shape index (κ1) is 19.5. The number of rotatable bonds is 5. The number of carbonyl (C=O) groups excluding carboxylic acids is 1. The lowest BCUT2D eigenvalue weighted by Gasteiger charge is -2.43. The van der Waals surface area contributed by atoms with E-state index in [1.165, 1.54) is 0 Å². The Bertz CT molecular complexity index is 400. The summed E-state index contributed by atoms with van der Waals surface area (Å²) >= 11 is 0. The van der Waals surface area contributed by atoms with Crippen molar-refractivity contribution in [2.75, 3.05) is 46.6 Å². The molecule has 2 aliphatic heterocycles. The lowest BCUT2D eigenvalue weighted by Crippen LogP contribution is -2.55. The Morgan fingerprint density at radius 3 is 2.79 bits per heavy atom. The van der Waals surface area contributed by atoms with Gasteiger partial charge in [-0.2, -0.15) is 0 Å². The number of piperidine rings is 1. The van der Waals surface area contributed by atoms with E-state index in [0.717, 1.165) is 52.0 Å². The number of likely N-dealkylation sites (tertiary alicyclic amines) is 1. The number of ether oxygens (including phenoxy) is 3. The van der Waals surface area contributed by atoms with Crippen LogP contribution in [0.2, 0.25) is 0 Å². The van der Waals surface area contributed by atoms with E-state index in [2.05, 4.69) is 5.32 Å². The van der Waals surface area contributed by atoms with Crippen LogP contribution >= 0.6 is 0 Å². The Balaban J connectivity index is 1.95. The molecule has 1 amide bonds. The molecule has 0 aliphatic carbocycles. The zero-order chi connectivity index (χ0) is 17.6. The van der Waals surface area contributed by atoms with E-state index in [-0.39, 0.29) is 11.5 Å². The maximum Gasteiger partial charge on any atom is 0.410 e. The normalized spacial score (nSPS) is 28.7. The van der Waals surface area contributed by atoms with Gasteiger partial charge in [0.1, 0.15) is 5.60 Å². The Labute approximate surface area is 146 Å². The zero-order valence-corrected chi connectivity index (χ0v) is 15.7. The number of carbonyl (C=O) groups is 1. The summed E-state index contributed by atoms with van der Waals surface area (Å²) in [5, 5.41) is 3.64. The smallest absolute Gasteiger partial charge is 0.410 e. The van der Waals surface area contributed by atoms with Gasteiger partial charge < -0.3 is 24.4 Å². The first-order valence-corrected chi connectivity index (χ1v) is 9.12. The van der Waals surface area contributed by atoms with Crippen LogP contribution in [0.15, 0.2) is 0 Å². The average Bonchev–Trinajstić information content (AvgIpc) is 2.53. The molecule has 2 fully saturated rings. The van der Waals surface area contributed by atoms with Crippen LogP contribution in [-0.4, -0.2) is 69.2 Å². The van der Waals surface area contributed by atoms with Crippen LogP contribution < -0.4 is 5.32 Å². The summed E-state index contributed by atoms with van der Waals surface area (Å²) in [6.45, 7) is 10.3. The van der Waals surface area contributed by atoms with Crippen LogP contribution in [0.25, 0.3) is 0 Å². The van der Waals surface area contributed by atoms with Crippen molar-refractivity contribution in [2.24, 2.45) is 5.41 Å². The molecule has 2 atom stereocenters. The van der Waals surface area contributed by atoms with E-state index in [4.69, 9.17) is 14.2 Å². The first-order valence-electron chi connectivity index (χ1n) is 9.12. The number of amides is 1. The molecule has 0 bridgehead atoms. The van der Waals surface area contributed by atoms with Gasteiger partial charge in [-0.25, -0.2) is 4.79 Å². The molecule has 2 aliphatic rings. The van der Waals surface area contributed by atoms with E-state index < -0.39 is 5.60 Å². The fourth-order valence-corrected chi connectivity index (χ4v) is 3.57. The van der Waals surface area contributed by atoms with Crippen LogP contribution in [-0.2, 0) is 14.2 Å². The largest absolute Gasteiger partial charge is 0.444 e. The summed E-state index contributed by atoms with van der Waals surface area (Å²) in [5.74, 6) is 0. The van der Waals surface area contributed by atoms with E-state index in [0.29, 0.717) is 19.2 Å². The maximum atomic E-state index is 12.4. The van der Waals surface area contributed by atoms with Crippen LogP contribution in [0.5, 0.6) is 0 Å². The third-order valence-electron chi connectivity index (χ3n) is 4.69. The van der Waals surface area contributed by atoms with E-state index in [1.54, 1.807) is 7.11 Å². The zero-order valence-electron chi connectivity index (χ0n) is 15.7. The summed E-state index contributed by atoms with van der Waals surface area (Å²) in [7, 11) is 1.73. The van der Waals surface area contributed by atoms with Crippen LogP contribution in [0.4, 0.5) is 4.79 Å². The number of methoxy groups -OCH3 is 1. The van der Waals surface area contributed by atoms with Crippen molar-refractivity contribution in [1.82, 2.24) is 10.2 Å². The SMILES string of the molecule is COCC1(CNC2CCCOC2)CCCN(C(=O)OC(C)(C)C)C1. The van der Waals surface area contributed by atoms with Crippen molar-refractivity contribution in [3.63, 3.8) is 0 Å². The molecule has 0 radical (unpaired) electrons. The highest BCUT2D eigenvalue weighted by Crippen LogP contribution is 2.31. The predicted octanol–water partition coefficient (Wildman–Crippen LogP) is 2.42. The van der Waals surface area contributed by atoms with Crippen molar-refractivity contribution < 1.29 is 19.0 Å². The number of hydrogen-bond donors (Lipinski definition) is 1. The predicted molar refractivity (Wildman–Crippen MR) is 93.2 cm³/mol. The van der Waals surface area contributed by atoms with Crippen molar-refractivity contribution >= 4 is 6.09 Å². The third-order valence-corrected chi connectivity index (χ3v) is 4.69. The molecule has 2 saturated heterocycles. The summed E-state index contributed by atoms with van der Waals surface area (Å²) in [6, 6.07) is 0.407. The van der Waals surface area contributed by atoms with Crippen molar-refractivity contribution in [1.29, 1.82) is 0 Å². The number of hydrogen-bond acceptors (Lipinski definition) is 5. The van der Waals surface area contributed by atoms with Gasteiger partial charge in [0.25, 0.3) is 0 Å². The Morgan fingerprint density at radius 1 is 1.38 bits per heavy atom. The van der Waals surface area contributed by atoms with Gasteiger partial charge in [0.15, 0.2) is 0 Å². The standard InChI is InChI=1S/C18H34N2O4/c1-17(2,3)24-16(21)20-9-6-8-18(13-20,14-22-4)12-19-15-7-5-10-23-11-15/h15,19H,5-14H2,1-4H3. The molecule has 0 aromatic heterocycles. The highest BCUT2D eigenvalue weighted by atomic mass is 16.6. The average molecular weight is 342 g/mol. The van der Waals surface area contributed by atoms with Gasteiger partial charge in [-0.3, -0.25) is 0 Å². The van der Waals surface area contributed by atoms with E-state index in [1.807, 2.05) is 25.7 Å². The molecule has 1 N–H and O–H groups in total. The number of nitrogens with zero attached hydrogens (tertiary/aromatic N) is 1. The second-order valence-electron chi connectivity index (χ2n) is 8.23. The Hall–Kier alpha value is -0.850. The summed E-state index contributed by atoms with van der Waals surface area (Å²) in [4.78, 5) is 14.3. The quantitative estimate of drug-likeness (QED) is 0.831. The lowest BCUT2D eigenvalue weighted by atomic mass is 9.80. The summed E-state index contributed by atoms with van der Waals surface area (Å²) in [6.07, 6.45) is 4.08. The molecule has 2 unspecified atom stereocenters. The second kappa shape index (κ2) is 8.50. The highest BCUT2D eigenvalue weighted by Gasteiger charge is 2.39. The fourth-order valence-electron chi connectivity index (χ4n) is 3.57. The topological polar surface area (TPSA) is 60.0 Å². The lowest BCUT2D eigenvalue weighted by molar-refractivity contribution is -0.0187. The molecule has 0 aromatic rings. The molecule has 2 rings (SSSR count). The minimum atomic E-state index is -0.462. The van der Waals surface area contributed by atoms with Crippen molar-refractivity contribution in [3.05, 3.63) is 0 Å². The third kappa shape index (κ3) is 5.90. The minimum Gasteiger partial charge on any atom is -0.444 e. The van der Waals surface area contributed by atoms with Crippen LogP contribution in [0.3, 0.4) is 0 Å². The van der Waals surface area contributed by atoms with E-state index >= 15 is 0 Å². The molecule has 6 nitrogen and oxygen atoms in total. The molecule has 0 aromatic carbocycles. The van der Waals surface area contributed by atoms with Crippen molar-refractivity contribution in [2.45, 2.75) is 58.1 Å². The molecular weight excluding hydrogens is 308 g/mol. The Morgan fingerprint density at radius 2 is 2.17 bits per heavy atom. The molecule has 2 heterocycles. The second-order valence-corrected chi connectivity index (χ2v) is 8.23. The summed E-state index contributed by atoms with van der Waals surface area (Å²) < 4.78 is 16.6. The van der Waals surface area contributed by atoms with Gasteiger partial charge >= 0.3 is 6.09 Å². The van der Waals surface area contributed by atoms with Gasteiger partial charge in [-0.1, -0.05) is 0 Å². The molecule has 24 heavy (non-hydrogen) atoms. The van der Waals surface area contributed by atoms with Gasteiger partial charge in [0.05, 0.1) is 13.2 Å². The van der Waals surface area contributed by atoms with Crippen molar-refractivity contribution in [3.8, 4) is 0 Å². The highest BCUT2D eigenvalue weighted by molar-refractivity contribution is 5.68. The monoisotopic (exact) mass is 342 g/mol. The van der Waals surface area contributed by atoms with E-state index in [9.17, 15) is 4.79 Å². The van der Waals surface area contributed by atoms with Gasteiger partial charge in [0, 0.05) is 44.8 Å².